The van der Waals surface area contributed by atoms with Crippen LogP contribution in [0.1, 0.15) is 23.6 Å². The highest BCUT2D eigenvalue weighted by Crippen LogP contribution is 2.25. The minimum Gasteiger partial charge on any atom is -0.453 e. The summed E-state index contributed by atoms with van der Waals surface area (Å²) >= 11 is 6.17. The first-order valence-electron chi connectivity index (χ1n) is 12.2. The molecule has 0 saturated carbocycles. The Morgan fingerprint density at radius 3 is 2.56 bits per heavy atom. The van der Waals surface area contributed by atoms with Gasteiger partial charge in [0.25, 0.3) is 0 Å². The lowest BCUT2D eigenvalue weighted by Gasteiger charge is -2.20. The number of nitrogens with zero attached hydrogens (tertiary/aromatic N) is 7. The van der Waals surface area contributed by atoms with E-state index in [1.54, 1.807) is 68.7 Å². The normalized spacial score (nSPS) is 11.6. The third-order valence-electron chi connectivity index (χ3n) is 5.88. The Kier molecular flexibility index (Phi) is 9.32. The van der Waals surface area contributed by atoms with Gasteiger partial charge in [0.05, 0.1) is 37.2 Å². The molecular formula is C27H26ClN9O4. The van der Waals surface area contributed by atoms with Crippen LogP contribution in [-0.2, 0) is 14.3 Å². The van der Waals surface area contributed by atoms with Crippen molar-refractivity contribution >= 4 is 41.3 Å². The van der Waals surface area contributed by atoms with Gasteiger partial charge in [0.2, 0.25) is 11.8 Å². The van der Waals surface area contributed by atoms with E-state index in [0.717, 1.165) is 5.56 Å². The molecule has 0 radical (unpaired) electrons. The SMILES string of the molecule is COC(=O)Nc1ccc(-c2cc(C(CC(=O)N(C)C)NC(=O)C=Cc3cc(Cl)ccc3-n3cnnn3)cnn2)cc1. The van der Waals surface area contributed by atoms with E-state index in [1.807, 2.05) is 0 Å². The first-order valence-corrected chi connectivity index (χ1v) is 12.6. The topological polar surface area (TPSA) is 157 Å². The summed E-state index contributed by atoms with van der Waals surface area (Å²) in [5.74, 6) is -0.632. The van der Waals surface area contributed by atoms with Crippen LogP contribution in [0.2, 0.25) is 5.02 Å². The zero-order valence-electron chi connectivity index (χ0n) is 22.4. The molecule has 3 amide bonds. The predicted octanol–water partition coefficient (Wildman–Crippen LogP) is 3.30. The summed E-state index contributed by atoms with van der Waals surface area (Å²) in [5, 5.41) is 25.4. The molecule has 1 atom stereocenters. The number of ether oxygens (including phenoxy) is 1. The van der Waals surface area contributed by atoms with Crippen molar-refractivity contribution in [3.63, 3.8) is 0 Å². The van der Waals surface area contributed by atoms with Crippen molar-refractivity contribution in [2.45, 2.75) is 12.5 Å². The predicted molar refractivity (Wildman–Crippen MR) is 151 cm³/mol. The van der Waals surface area contributed by atoms with Crippen LogP contribution in [0.3, 0.4) is 0 Å². The Balaban J connectivity index is 1.57. The molecule has 4 rings (SSSR count). The average molecular weight is 576 g/mol. The number of anilines is 1. The van der Waals surface area contributed by atoms with Crippen molar-refractivity contribution in [2.75, 3.05) is 26.5 Å². The molecule has 41 heavy (non-hydrogen) atoms. The molecule has 2 aromatic heterocycles. The summed E-state index contributed by atoms with van der Waals surface area (Å²) in [4.78, 5) is 38.6. The fourth-order valence-electron chi connectivity index (χ4n) is 3.74. The van der Waals surface area contributed by atoms with E-state index < -0.39 is 18.0 Å². The number of hydrogen-bond donors (Lipinski definition) is 2. The summed E-state index contributed by atoms with van der Waals surface area (Å²) in [6.45, 7) is 0. The lowest BCUT2D eigenvalue weighted by atomic mass is 10.0. The lowest BCUT2D eigenvalue weighted by molar-refractivity contribution is -0.129. The largest absolute Gasteiger partial charge is 0.453 e. The third-order valence-corrected chi connectivity index (χ3v) is 6.12. The number of carbonyl (C=O) groups excluding carboxylic acids is 3. The molecule has 0 spiro atoms. The van der Waals surface area contributed by atoms with Crippen LogP contribution in [-0.4, -0.2) is 74.4 Å². The van der Waals surface area contributed by atoms with Gasteiger partial charge in [-0.15, -0.1) is 5.10 Å². The van der Waals surface area contributed by atoms with Crippen LogP contribution >= 0.6 is 11.6 Å². The quantitative estimate of drug-likeness (QED) is 0.286. The molecule has 2 N–H and O–H groups in total. The molecule has 210 valence electrons. The smallest absolute Gasteiger partial charge is 0.411 e. The molecule has 0 aliphatic rings. The summed E-state index contributed by atoms with van der Waals surface area (Å²) < 4.78 is 6.06. The number of nitrogens with one attached hydrogen (secondary N) is 2. The number of rotatable bonds is 9. The van der Waals surface area contributed by atoms with E-state index in [9.17, 15) is 14.4 Å². The second-order valence-electron chi connectivity index (χ2n) is 8.91. The standard InChI is InChI=1S/C27H26ClN9O4/c1-36(2)26(39)14-22(19-13-23(33-29-15-19)17-4-8-21(9-5-17)31-27(40)41-3)32-25(38)11-6-18-12-20(28)7-10-24(18)37-16-30-34-35-37/h4-13,15-16,22H,14H2,1-3H3,(H,31,40)(H,32,38). The minimum absolute atomic E-state index is 0.00720. The van der Waals surface area contributed by atoms with Crippen molar-refractivity contribution in [1.82, 2.24) is 40.6 Å². The van der Waals surface area contributed by atoms with Gasteiger partial charge in [0.1, 0.15) is 6.33 Å². The first-order chi connectivity index (χ1) is 19.7. The number of hydrogen-bond acceptors (Lipinski definition) is 9. The molecular weight excluding hydrogens is 550 g/mol. The third kappa shape index (κ3) is 7.70. The van der Waals surface area contributed by atoms with Gasteiger partial charge >= 0.3 is 6.09 Å². The van der Waals surface area contributed by atoms with Crippen LogP contribution in [0.15, 0.2) is 67.1 Å². The number of aromatic nitrogens is 6. The fraction of sp³-hybridized carbons (Fsp3) is 0.185. The van der Waals surface area contributed by atoms with Crippen molar-refractivity contribution in [3.8, 4) is 16.9 Å². The number of tetrazole rings is 1. The highest BCUT2D eigenvalue weighted by atomic mass is 35.5. The average Bonchev–Trinajstić information content (AvgIpc) is 3.51. The summed E-state index contributed by atoms with van der Waals surface area (Å²) in [6.07, 6.45) is 5.27. The van der Waals surface area contributed by atoms with Crippen molar-refractivity contribution in [2.24, 2.45) is 0 Å². The minimum atomic E-state index is -0.699. The summed E-state index contributed by atoms with van der Waals surface area (Å²) in [7, 11) is 4.56. The zero-order chi connectivity index (χ0) is 29.4. The molecule has 2 heterocycles. The van der Waals surface area contributed by atoms with Crippen LogP contribution in [0.25, 0.3) is 23.0 Å². The van der Waals surface area contributed by atoms with Gasteiger partial charge < -0.3 is 15.0 Å². The van der Waals surface area contributed by atoms with Crippen LogP contribution in [0, 0.1) is 0 Å². The van der Waals surface area contributed by atoms with Crippen LogP contribution < -0.4 is 10.6 Å². The molecule has 0 bridgehead atoms. The number of benzene rings is 2. The molecule has 4 aromatic rings. The molecule has 2 aromatic carbocycles. The lowest BCUT2D eigenvalue weighted by Crippen LogP contribution is -2.32. The Hall–Kier alpha value is -5.17. The van der Waals surface area contributed by atoms with Gasteiger partial charge in [-0.05, 0) is 58.5 Å². The molecule has 14 heteroatoms. The molecule has 0 saturated heterocycles. The van der Waals surface area contributed by atoms with Crippen LogP contribution in [0.4, 0.5) is 10.5 Å². The van der Waals surface area contributed by atoms with Gasteiger partial charge in [-0.3, -0.25) is 14.9 Å². The van der Waals surface area contributed by atoms with E-state index in [0.29, 0.717) is 33.2 Å². The van der Waals surface area contributed by atoms with E-state index in [1.165, 1.54) is 35.3 Å². The Bertz CT molecular complexity index is 1560. The molecule has 13 nitrogen and oxygen atoms in total. The fourth-order valence-corrected chi connectivity index (χ4v) is 3.92. The summed E-state index contributed by atoms with van der Waals surface area (Å²) in [6, 6.07) is 13.1. The molecule has 1 unspecified atom stereocenters. The Morgan fingerprint density at radius 2 is 1.88 bits per heavy atom. The maximum atomic E-state index is 13.1. The van der Waals surface area contributed by atoms with E-state index in [-0.39, 0.29) is 12.3 Å². The van der Waals surface area contributed by atoms with Gasteiger partial charge in [0.15, 0.2) is 0 Å². The monoisotopic (exact) mass is 575 g/mol. The van der Waals surface area contributed by atoms with Crippen LogP contribution in [0.5, 0.6) is 0 Å². The zero-order valence-corrected chi connectivity index (χ0v) is 23.1. The van der Waals surface area contributed by atoms with E-state index in [2.05, 4.69) is 41.1 Å². The van der Waals surface area contributed by atoms with Gasteiger partial charge in [0, 0.05) is 42.0 Å². The second kappa shape index (κ2) is 13.3. The van der Waals surface area contributed by atoms with E-state index >= 15 is 0 Å². The first kappa shape index (κ1) is 28.8. The maximum absolute atomic E-state index is 13.1. The van der Waals surface area contributed by atoms with Crippen molar-refractivity contribution in [3.05, 3.63) is 83.3 Å². The highest BCUT2D eigenvalue weighted by Gasteiger charge is 2.20. The Labute approximate surface area is 240 Å². The second-order valence-corrected chi connectivity index (χ2v) is 9.35. The number of methoxy groups -OCH3 is 1. The van der Waals surface area contributed by atoms with Gasteiger partial charge in [-0.25, -0.2) is 4.79 Å². The number of halogens is 1. The number of carbonyl (C=O) groups is 3. The number of amides is 3. The van der Waals surface area contributed by atoms with Gasteiger partial charge in [-0.1, -0.05) is 23.7 Å². The molecule has 0 aliphatic carbocycles. The molecule has 0 aliphatic heterocycles. The highest BCUT2D eigenvalue weighted by molar-refractivity contribution is 6.30. The van der Waals surface area contributed by atoms with Crippen molar-refractivity contribution < 1.29 is 19.1 Å². The van der Waals surface area contributed by atoms with Gasteiger partial charge in [-0.2, -0.15) is 14.9 Å². The maximum Gasteiger partial charge on any atom is 0.411 e. The summed E-state index contributed by atoms with van der Waals surface area (Å²) in [5.41, 5.74) is 3.60. The molecule has 0 fully saturated rings. The Morgan fingerprint density at radius 1 is 1.10 bits per heavy atom. The van der Waals surface area contributed by atoms with Crippen molar-refractivity contribution in [1.29, 1.82) is 0 Å². The van der Waals surface area contributed by atoms with E-state index in [4.69, 9.17) is 11.6 Å².